The maximum Gasteiger partial charge on any atom is 0.243 e. The van der Waals surface area contributed by atoms with Crippen LogP contribution in [0.3, 0.4) is 0 Å². The second kappa shape index (κ2) is 10.4. The Kier molecular flexibility index (Phi) is 7.63. The van der Waals surface area contributed by atoms with Crippen molar-refractivity contribution < 1.29 is 13.2 Å². The highest BCUT2D eigenvalue weighted by atomic mass is 32.2. The molecule has 2 aliphatic rings. The molecule has 0 saturated carbocycles. The van der Waals surface area contributed by atoms with Crippen molar-refractivity contribution in [3.8, 4) is 0 Å². The van der Waals surface area contributed by atoms with Crippen molar-refractivity contribution in [1.82, 2.24) is 19.0 Å². The summed E-state index contributed by atoms with van der Waals surface area (Å²) in [7, 11) is -3.50. The van der Waals surface area contributed by atoms with Gasteiger partial charge in [0, 0.05) is 57.2 Å². The average molecular weight is 477 g/mol. The molecule has 2 aromatic rings. The van der Waals surface area contributed by atoms with Crippen LogP contribution in [0.4, 0.5) is 0 Å². The molecule has 2 aliphatic heterocycles. The lowest BCUT2D eigenvalue weighted by molar-refractivity contribution is -0.134. The number of carbonyl (C=O) groups is 1. The highest BCUT2D eigenvalue weighted by Gasteiger charge is 2.28. The fourth-order valence-corrected chi connectivity index (χ4v) is 6.49. The van der Waals surface area contributed by atoms with E-state index in [1.165, 1.54) is 4.88 Å². The van der Waals surface area contributed by atoms with Crippen LogP contribution in [0.5, 0.6) is 0 Å². The highest BCUT2D eigenvalue weighted by molar-refractivity contribution is 7.89. The summed E-state index contributed by atoms with van der Waals surface area (Å²) in [5.41, 5.74) is 1.04. The molecule has 0 spiro atoms. The van der Waals surface area contributed by atoms with Crippen LogP contribution >= 0.6 is 11.3 Å². The molecule has 2 saturated heterocycles. The third-order valence-electron chi connectivity index (χ3n) is 6.25. The SMILES string of the molecule is Cc1ccc(S(=O)(=O)N2CCCN(CC(=O)N3CCN(Cc4cccs4)CC3)CC2)cc1. The molecule has 32 heavy (non-hydrogen) atoms. The van der Waals surface area contributed by atoms with Gasteiger partial charge in [0.15, 0.2) is 0 Å². The Labute approximate surface area is 195 Å². The standard InChI is InChI=1S/C23H32N4O3S2/c1-20-5-7-22(8-6-20)32(29,30)27-10-3-9-24(13-16-27)19-23(28)26-14-11-25(12-15-26)18-21-4-2-17-31-21/h2,4-8,17H,3,9-16,18-19H2,1H3. The molecule has 9 heteroatoms. The molecular weight excluding hydrogens is 444 g/mol. The third-order valence-corrected chi connectivity index (χ3v) is 9.02. The van der Waals surface area contributed by atoms with E-state index in [1.54, 1.807) is 27.8 Å². The number of amides is 1. The minimum Gasteiger partial charge on any atom is -0.339 e. The lowest BCUT2D eigenvalue weighted by Crippen LogP contribution is -2.51. The number of rotatable bonds is 6. The molecule has 174 valence electrons. The first kappa shape index (κ1) is 23.4. The zero-order chi connectivity index (χ0) is 22.6. The number of thiophene rings is 1. The van der Waals surface area contributed by atoms with Crippen molar-refractivity contribution in [2.24, 2.45) is 0 Å². The van der Waals surface area contributed by atoms with Gasteiger partial charge in [0.25, 0.3) is 0 Å². The van der Waals surface area contributed by atoms with E-state index < -0.39 is 10.0 Å². The van der Waals surface area contributed by atoms with Gasteiger partial charge in [-0.15, -0.1) is 11.3 Å². The van der Waals surface area contributed by atoms with Crippen LogP contribution in [-0.4, -0.2) is 92.2 Å². The van der Waals surface area contributed by atoms with Crippen molar-refractivity contribution in [1.29, 1.82) is 0 Å². The summed E-state index contributed by atoms with van der Waals surface area (Å²) in [5, 5.41) is 2.10. The van der Waals surface area contributed by atoms with Gasteiger partial charge in [-0.1, -0.05) is 23.8 Å². The van der Waals surface area contributed by atoms with Gasteiger partial charge in [-0.05, 0) is 43.5 Å². The normalized spacial score (nSPS) is 19.7. The van der Waals surface area contributed by atoms with E-state index in [4.69, 9.17) is 0 Å². The number of hydrogen-bond donors (Lipinski definition) is 0. The van der Waals surface area contributed by atoms with Gasteiger partial charge in [0.2, 0.25) is 15.9 Å². The summed E-state index contributed by atoms with van der Waals surface area (Å²) in [6.45, 7) is 8.79. The molecule has 7 nitrogen and oxygen atoms in total. The van der Waals surface area contributed by atoms with Crippen LogP contribution in [0.2, 0.25) is 0 Å². The maximum atomic E-state index is 13.0. The number of aryl methyl sites for hydroxylation is 1. The molecule has 1 aromatic carbocycles. The molecule has 0 aliphatic carbocycles. The number of benzene rings is 1. The molecule has 0 bridgehead atoms. The van der Waals surface area contributed by atoms with E-state index in [-0.39, 0.29) is 5.91 Å². The largest absolute Gasteiger partial charge is 0.339 e. The average Bonchev–Trinajstić information content (AvgIpc) is 3.18. The van der Waals surface area contributed by atoms with Gasteiger partial charge < -0.3 is 4.90 Å². The molecule has 3 heterocycles. The molecule has 0 N–H and O–H groups in total. The van der Waals surface area contributed by atoms with E-state index in [0.717, 1.165) is 51.3 Å². The Balaban J connectivity index is 1.26. The second-order valence-electron chi connectivity index (χ2n) is 8.58. The smallest absolute Gasteiger partial charge is 0.243 e. The van der Waals surface area contributed by atoms with Gasteiger partial charge in [-0.25, -0.2) is 8.42 Å². The summed E-state index contributed by atoms with van der Waals surface area (Å²) in [6, 6.07) is 11.2. The number of hydrogen-bond acceptors (Lipinski definition) is 6. The number of carbonyl (C=O) groups excluding carboxylic acids is 1. The first-order valence-electron chi connectivity index (χ1n) is 11.2. The van der Waals surface area contributed by atoms with Crippen molar-refractivity contribution in [3.63, 3.8) is 0 Å². The van der Waals surface area contributed by atoms with Crippen LogP contribution in [0, 0.1) is 6.92 Å². The molecular formula is C23H32N4O3S2. The Hall–Kier alpha value is -1.78. The Morgan fingerprint density at radius 2 is 1.62 bits per heavy atom. The first-order valence-corrected chi connectivity index (χ1v) is 13.6. The maximum absolute atomic E-state index is 13.0. The van der Waals surface area contributed by atoms with Crippen LogP contribution in [0.15, 0.2) is 46.7 Å². The lowest BCUT2D eigenvalue weighted by Gasteiger charge is -2.35. The molecule has 2 fully saturated rings. The summed E-state index contributed by atoms with van der Waals surface area (Å²) in [5.74, 6) is 0.149. The Bertz CT molecular complexity index is 985. The quantitative estimate of drug-likeness (QED) is 0.639. The van der Waals surface area contributed by atoms with Crippen molar-refractivity contribution in [3.05, 3.63) is 52.2 Å². The van der Waals surface area contributed by atoms with Gasteiger partial charge in [-0.2, -0.15) is 4.31 Å². The third kappa shape index (κ3) is 5.77. The highest BCUT2D eigenvalue weighted by Crippen LogP contribution is 2.19. The van der Waals surface area contributed by atoms with Crippen LogP contribution in [0.25, 0.3) is 0 Å². The van der Waals surface area contributed by atoms with E-state index in [9.17, 15) is 13.2 Å². The van der Waals surface area contributed by atoms with Gasteiger partial charge >= 0.3 is 0 Å². The predicted octanol–water partition coefficient (Wildman–Crippen LogP) is 2.10. The van der Waals surface area contributed by atoms with Crippen molar-refractivity contribution >= 4 is 27.3 Å². The number of sulfonamides is 1. The zero-order valence-corrected chi connectivity index (χ0v) is 20.3. The Morgan fingerprint density at radius 3 is 2.31 bits per heavy atom. The number of piperazine rings is 1. The summed E-state index contributed by atoms with van der Waals surface area (Å²) in [4.78, 5) is 21.0. The van der Waals surface area contributed by atoms with E-state index in [1.807, 2.05) is 24.0 Å². The van der Waals surface area contributed by atoms with E-state index >= 15 is 0 Å². The Morgan fingerprint density at radius 1 is 0.906 bits per heavy atom. The monoisotopic (exact) mass is 476 g/mol. The summed E-state index contributed by atoms with van der Waals surface area (Å²) < 4.78 is 27.6. The number of nitrogens with zero attached hydrogens (tertiary/aromatic N) is 4. The van der Waals surface area contributed by atoms with E-state index in [2.05, 4.69) is 27.3 Å². The summed E-state index contributed by atoms with van der Waals surface area (Å²) in [6.07, 6.45) is 0.729. The molecule has 0 radical (unpaired) electrons. The minimum atomic E-state index is -3.50. The van der Waals surface area contributed by atoms with Crippen molar-refractivity contribution in [2.45, 2.75) is 24.8 Å². The fourth-order valence-electron chi connectivity index (χ4n) is 4.27. The minimum absolute atomic E-state index is 0.149. The fraction of sp³-hybridized carbons (Fsp3) is 0.522. The lowest BCUT2D eigenvalue weighted by atomic mass is 10.2. The van der Waals surface area contributed by atoms with Crippen LogP contribution in [-0.2, 0) is 21.4 Å². The van der Waals surface area contributed by atoms with Gasteiger partial charge in [0.1, 0.15) is 0 Å². The second-order valence-corrected chi connectivity index (χ2v) is 11.6. The summed E-state index contributed by atoms with van der Waals surface area (Å²) >= 11 is 1.77. The van der Waals surface area contributed by atoms with Crippen LogP contribution in [0.1, 0.15) is 16.9 Å². The van der Waals surface area contributed by atoms with Gasteiger partial charge in [0.05, 0.1) is 11.4 Å². The molecule has 4 rings (SSSR count). The predicted molar refractivity (Wildman–Crippen MR) is 127 cm³/mol. The van der Waals surface area contributed by atoms with Crippen molar-refractivity contribution in [2.75, 3.05) is 58.9 Å². The van der Waals surface area contributed by atoms with E-state index in [0.29, 0.717) is 31.1 Å². The molecule has 0 unspecified atom stereocenters. The zero-order valence-electron chi connectivity index (χ0n) is 18.6. The van der Waals surface area contributed by atoms with Crippen LogP contribution < -0.4 is 0 Å². The van der Waals surface area contributed by atoms with Gasteiger partial charge in [-0.3, -0.25) is 14.6 Å². The molecule has 0 atom stereocenters. The molecule has 1 aromatic heterocycles. The first-order chi connectivity index (χ1) is 15.4. The topological polar surface area (TPSA) is 64.2 Å². The molecule has 1 amide bonds.